The molecule has 1 aliphatic carbocycles. The predicted molar refractivity (Wildman–Crippen MR) is 94.0 cm³/mol. The van der Waals surface area contributed by atoms with E-state index in [-0.39, 0.29) is 24.0 Å². The Labute approximate surface area is 138 Å². The quantitative estimate of drug-likeness (QED) is 0.447. The van der Waals surface area contributed by atoms with E-state index in [9.17, 15) is 0 Å². The van der Waals surface area contributed by atoms with Crippen molar-refractivity contribution < 1.29 is 4.74 Å². The molecule has 0 atom stereocenters. The van der Waals surface area contributed by atoms with E-state index in [0.29, 0.717) is 6.61 Å². The Kier molecular flexibility index (Phi) is 7.72. The van der Waals surface area contributed by atoms with E-state index >= 15 is 0 Å². The minimum atomic E-state index is 0. The van der Waals surface area contributed by atoms with Crippen LogP contribution in [0.15, 0.2) is 29.3 Å². The number of ether oxygens (including phenoxy) is 1. The molecule has 1 aromatic rings. The number of rotatable bonds is 6. The van der Waals surface area contributed by atoms with Crippen LogP contribution in [0.4, 0.5) is 0 Å². The lowest BCUT2D eigenvalue weighted by Crippen LogP contribution is -2.37. The Morgan fingerprint density at radius 2 is 2.05 bits per heavy atom. The second-order valence-corrected chi connectivity index (χ2v) is 4.79. The summed E-state index contributed by atoms with van der Waals surface area (Å²) in [5.41, 5.74) is 1.15. The number of nitrogens with one attached hydrogen (secondary N) is 2. The van der Waals surface area contributed by atoms with Gasteiger partial charge in [0.15, 0.2) is 5.96 Å². The van der Waals surface area contributed by atoms with Crippen molar-refractivity contribution in [2.75, 3.05) is 20.2 Å². The van der Waals surface area contributed by atoms with E-state index in [0.717, 1.165) is 36.3 Å². The SMILES string of the molecule is CCOc1ccccc1CNC(=NC)NCC1CC1.I. The Morgan fingerprint density at radius 3 is 2.70 bits per heavy atom. The summed E-state index contributed by atoms with van der Waals surface area (Å²) in [6.07, 6.45) is 2.69. The standard InChI is InChI=1S/C15H23N3O.HI/c1-3-19-14-7-5-4-6-13(14)11-18-15(16-2)17-10-12-8-9-12;/h4-7,12H,3,8-11H2,1-2H3,(H2,16,17,18);1H. The van der Waals surface area contributed by atoms with Gasteiger partial charge in [-0.25, -0.2) is 0 Å². The number of benzene rings is 1. The molecular weight excluding hydrogens is 365 g/mol. The first-order valence-corrected chi connectivity index (χ1v) is 6.98. The lowest BCUT2D eigenvalue weighted by atomic mass is 10.2. The van der Waals surface area contributed by atoms with Gasteiger partial charge in [0.2, 0.25) is 0 Å². The highest BCUT2D eigenvalue weighted by atomic mass is 127. The van der Waals surface area contributed by atoms with Crippen LogP contribution in [0.5, 0.6) is 5.75 Å². The van der Waals surface area contributed by atoms with Crippen molar-refractivity contribution in [3.05, 3.63) is 29.8 Å². The first-order valence-electron chi connectivity index (χ1n) is 6.98. The average Bonchev–Trinajstić information content (AvgIpc) is 3.25. The Morgan fingerprint density at radius 1 is 1.30 bits per heavy atom. The molecule has 1 aliphatic rings. The van der Waals surface area contributed by atoms with Crippen molar-refractivity contribution in [3.63, 3.8) is 0 Å². The van der Waals surface area contributed by atoms with Gasteiger partial charge in [0, 0.05) is 25.7 Å². The molecule has 0 aromatic heterocycles. The highest BCUT2D eigenvalue weighted by Crippen LogP contribution is 2.27. The summed E-state index contributed by atoms with van der Waals surface area (Å²) < 4.78 is 5.61. The van der Waals surface area contributed by atoms with Crippen LogP contribution in [0.1, 0.15) is 25.3 Å². The van der Waals surface area contributed by atoms with E-state index < -0.39 is 0 Å². The van der Waals surface area contributed by atoms with Gasteiger partial charge in [0.25, 0.3) is 0 Å². The normalized spacial score (nSPS) is 14.4. The third-order valence-electron chi connectivity index (χ3n) is 3.20. The Balaban J connectivity index is 0.00000200. The monoisotopic (exact) mass is 389 g/mol. The maximum atomic E-state index is 5.61. The Bertz CT molecular complexity index is 433. The summed E-state index contributed by atoms with van der Waals surface area (Å²) in [6, 6.07) is 8.10. The fraction of sp³-hybridized carbons (Fsp3) is 0.533. The molecule has 1 fully saturated rings. The molecule has 0 saturated heterocycles. The summed E-state index contributed by atoms with van der Waals surface area (Å²) in [4.78, 5) is 4.23. The number of guanidine groups is 1. The summed E-state index contributed by atoms with van der Waals surface area (Å²) in [7, 11) is 1.80. The van der Waals surface area contributed by atoms with Crippen LogP contribution in [0.3, 0.4) is 0 Å². The number of hydrogen-bond donors (Lipinski definition) is 2. The molecule has 20 heavy (non-hydrogen) atoms. The minimum absolute atomic E-state index is 0. The zero-order valence-electron chi connectivity index (χ0n) is 12.2. The topological polar surface area (TPSA) is 45.6 Å². The molecule has 0 radical (unpaired) electrons. The van der Waals surface area contributed by atoms with Gasteiger partial charge in [0.1, 0.15) is 5.75 Å². The van der Waals surface area contributed by atoms with Crippen molar-refractivity contribution in [3.8, 4) is 5.75 Å². The van der Waals surface area contributed by atoms with E-state index in [2.05, 4.69) is 21.7 Å². The van der Waals surface area contributed by atoms with Crippen molar-refractivity contribution in [1.82, 2.24) is 10.6 Å². The molecule has 2 N–H and O–H groups in total. The van der Waals surface area contributed by atoms with E-state index in [1.165, 1.54) is 12.8 Å². The molecule has 1 saturated carbocycles. The molecule has 0 spiro atoms. The van der Waals surface area contributed by atoms with Gasteiger partial charge in [-0.15, -0.1) is 24.0 Å². The molecular formula is C15H24IN3O. The highest BCUT2D eigenvalue weighted by Gasteiger charge is 2.21. The highest BCUT2D eigenvalue weighted by molar-refractivity contribution is 14.0. The van der Waals surface area contributed by atoms with Crippen LogP contribution in [0.2, 0.25) is 0 Å². The smallest absolute Gasteiger partial charge is 0.191 e. The molecule has 1 aromatic carbocycles. The van der Waals surface area contributed by atoms with Crippen LogP contribution in [0.25, 0.3) is 0 Å². The van der Waals surface area contributed by atoms with Crippen LogP contribution < -0.4 is 15.4 Å². The third-order valence-corrected chi connectivity index (χ3v) is 3.20. The second-order valence-electron chi connectivity index (χ2n) is 4.79. The lowest BCUT2D eigenvalue weighted by molar-refractivity contribution is 0.336. The first kappa shape index (κ1) is 17.1. The predicted octanol–water partition coefficient (Wildman–Crippen LogP) is 2.78. The molecule has 0 bridgehead atoms. The summed E-state index contributed by atoms with van der Waals surface area (Å²) >= 11 is 0. The third kappa shape index (κ3) is 5.56. The van der Waals surface area contributed by atoms with Crippen LogP contribution in [0, 0.1) is 5.92 Å². The second kappa shape index (κ2) is 9.05. The van der Waals surface area contributed by atoms with Crippen LogP contribution in [-0.4, -0.2) is 26.2 Å². The maximum Gasteiger partial charge on any atom is 0.191 e. The van der Waals surface area contributed by atoms with Crippen LogP contribution in [-0.2, 0) is 6.54 Å². The maximum absolute atomic E-state index is 5.61. The van der Waals surface area contributed by atoms with Crippen molar-refractivity contribution in [2.45, 2.75) is 26.3 Å². The molecule has 0 amide bonds. The van der Waals surface area contributed by atoms with Crippen molar-refractivity contribution in [1.29, 1.82) is 0 Å². The first-order chi connectivity index (χ1) is 9.33. The van der Waals surface area contributed by atoms with Gasteiger partial charge in [-0.1, -0.05) is 18.2 Å². The fourth-order valence-corrected chi connectivity index (χ4v) is 1.91. The van der Waals surface area contributed by atoms with E-state index in [4.69, 9.17) is 4.74 Å². The molecule has 112 valence electrons. The number of aliphatic imine (C=N–C) groups is 1. The molecule has 0 unspecified atom stereocenters. The van der Waals surface area contributed by atoms with Gasteiger partial charge >= 0.3 is 0 Å². The minimum Gasteiger partial charge on any atom is -0.494 e. The molecule has 0 heterocycles. The van der Waals surface area contributed by atoms with Gasteiger partial charge in [-0.05, 0) is 31.7 Å². The number of nitrogens with zero attached hydrogens (tertiary/aromatic N) is 1. The fourth-order valence-electron chi connectivity index (χ4n) is 1.91. The largest absolute Gasteiger partial charge is 0.494 e. The zero-order valence-corrected chi connectivity index (χ0v) is 14.5. The molecule has 5 heteroatoms. The van der Waals surface area contributed by atoms with Crippen molar-refractivity contribution >= 4 is 29.9 Å². The van der Waals surface area contributed by atoms with Gasteiger partial charge < -0.3 is 15.4 Å². The molecule has 0 aliphatic heterocycles. The van der Waals surface area contributed by atoms with Crippen molar-refractivity contribution in [2.24, 2.45) is 10.9 Å². The summed E-state index contributed by atoms with van der Waals surface area (Å²) in [6.45, 7) is 4.43. The van der Waals surface area contributed by atoms with Crippen LogP contribution >= 0.6 is 24.0 Å². The van der Waals surface area contributed by atoms with E-state index in [1.54, 1.807) is 7.05 Å². The van der Waals surface area contributed by atoms with Gasteiger partial charge in [-0.3, -0.25) is 4.99 Å². The molecule has 2 rings (SSSR count). The number of hydrogen-bond acceptors (Lipinski definition) is 2. The molecule has 4 nitrogen and oxygen atoms in total. The van der Waals surface area contributed by atoms with Gasteiger partial charge in [-0.2, -0.15) is 0 Å². The average molecular weight is 389 g/mol. The Hall–Kier alpha value is -0.980. The number of halogens is 1. The zero-order chi connectivity index (χ0) is 13.5. The number of para-hydroxylation sites is 1. The van der Waals surface area contributed by atoms with Gasteiger partial charge in [0.05, 0.1) is 6.61 Å². The summed E-state index contributed by atoms with van der Waals surface area (Å²) in [5, 5.41) is 6.68. The van der Waals surface area contributed by atoms with E-state index in [1.807, 2.05) is 25.1 Å². The lowest BCUT2D eigenvalue weighted by Gasteiger charge is -2.14. The summed E-state index contributed by atoms with van der Waals surface area (Å²) in [5.74, 6) is 2.64.